The van der Waals surface area contributed by atoms with Crippen LogP contribution in [0.1, 0.15) is 29.3 Å². The van der Waals surface area contributed by atoms with Gasteiger partial charge in [-0.3, -0.25) is 9.59 Å². The lowest BCUT2D eigenvalue weighted by atomic mass is 10.1. The number of alkyl halides is 3. The average molecular weight is 408 g/mol. The second kappa shape index (κ2) is 9.58. The molecule has 0 heterocycles. The summed E-state index contributed by atoms with van der Waals surface area (Å²) < 4.78 is 42.7. The van der Waals surface area contributed by atoms with Gasteiger partial charge in [-0.05, 0) is 43.3 Å². The third-order valence-corrected chi connectivity index (χ3v) is 3.59. The molecule has 29 heavy (non-hydrogen) atoms. The summed E-state index contributed by atoms with van der Waals surface area (Å²) in [7, 11) is 0. The molecule has 0 unspecified atom stereocenters. The molecule has 0 saturated carbocycles. The summed E-state index contributed by atoms with van der Waals surface area (Å²) in [6.07, 6.45) is -4.71. The van der Waals surface area contributed by atoms with Crippen LogP contribution in [-0.2, 0) is 15.7 Å². The van der Waals surface area contributed by atoms with E-state index in [1.54, 1.807) is 25.1 Å². The number of carbonyl (C=O) groups is 2. The predicted octanol–water partition coefficient (Wildman–Crippen LogP) is 3.40. The van der Waals surface area contributed by atoms with E-state index in [0.29, 0.717) is 11.4 Å². The molecule has 0 aromatic heterocycles. The molecule has 7 nitrogen and oxygen atoms in total. The van der Waals surface area contributed by atoms with E-state index in [9.17, 15) is 22.8 Å². The number of carbonyl (C=O) groups excluding carboxylic acids is 2. The Balaban J connectivity index is 2.10. The first kappa shape index (κ1) is 21.7. The van der Waals surface area contributed by atoms with Crippen LogP contribution in [0.2, 0.25) is 0 Å². The highest BCUT2D eigenvalue weighted by molar-refractivity contribution is 6.02. The van der Waals surface area contributed by atoms with Gasteiger partial charge in [0.2, 0.25) is 0 Å². The SMILES string of the molecule is CCOC(=O)C/C(N)=N\NC(=O)c1ccccc1Nc1ccc(C(F)(F)F)cc1. The second-order valence-electron chi connectivity index (χ2n) is 5.77. The quantitative estimate of drug-likeness (QED) is 0.282. The number of nitrogens with one attached hydrogen (secondary N) is 2. The van der Waals surface area contributed by atoms with Gasteiger partial charge in [0.15, 0.2) is 0 Å². The van der Waals surface area contributed by atoms with Gasteiger partial charge in [0.05, 0.1) is 23.4 Å². The number of amides is 1. The normalized spacial score (nSPS) is 11.7. The lowest BCUT2D eigenvalue weighted by Crippen LogP contribution is -2.26. The molecular weight excluding hydrogens is 389 g/mol. The minimum Gasteiger partial charge on any atom is -0.466 e. The summed E-state index contributed by atoms with van der Waals surface area (Å²) in [6, 6.07) is 10.7. The molecule has 0 radical (unpaired) electrons. The Hall–Kier alpha value is -3.56. The van der Waals surface area contributed by atoms with Crippen LogP contribution < -0.4 is 16.5 Å². The number of ether oxygens (including phenoxy) is 1. The lowest BCUT2D eigenvalue weighted by Gasteiger charge is -2.12. The topological polar surface area (TPSA) is 106 Å². The van der Waals surface area contributed by atoms with Crippen molar-refractivity contribution in [2.75, 3.05) is 11.9 Å². The number of benzene rings is 2. The molecule has 0 bridgehead atoms. The van der Waals surface area contributed by atoms with Crippen LogP contribution in [0, 0.1) is 0 Å². The highest BCUT2D eigenvalue weighted by Gasteiger charge is 2.29. The number of nitrogens with two attached hydrogens (primary N) is 1. The second-order valence-corrected chi connectivity index (χ2v) is 5.77. The fourth-order valence-electron chi connectivity index (χ4n) is 2.27. The Labute approximate surface area is 164 Å². The molecule has 2 aromatic carbocycles. The standard InChI is InChI=1S/C19H19F3N4O3/c1-2-29-17(27)11-16(23)25-26-18(28)14-5-3-4-6-15(14)24-13-9-7-12(8-10-13)19(20,21)22/h3-10,24H,2,11H2,1H3,(H2,23,25)(H,26,28). The fourth-order valence-corrected chi connectivity index (χ4v) is 2.27. The molecule has 2 aromatic rings. The zero-order chi connectivity index (χ0) is 21.4. The summed E-state index contributed by atoms with van der Waals surface area (Å²) in [5.41, 5.74) is 7.92. The van der Waals surface area contributed by atoms with Gasteiger partial charge in [-0.25, -0.2) is 5.43 Å². The third-order valence-electron chi connectivity index (χ3n) is 3.59. The molecule has 4 N–H and O–H groups in total. The smallest absolute Gasteiger partial charge is 0.416 e. The molecular formula is C19H19F3N4O3. The minimum absolute atomic E-state index is 0.134. The van der Waals surface area contributed by atoms with Gasteiger partial charge in [-0.15, -0.1) is 0 Å². The zero-order valence-corrected chi connectivity index (χ0v) is 15.4. The van der Waals surface area contributed by atoms with Gasteiger partial charge in [0.25, 0.3) is 5.91 Å². The van der Waals surface area contributed by atoms with Crippen molar-refractivity contribution in [1.29, 1.82) is 0 Å². The van der Waals surface area contributed by atoms with Crippen molar-refractivity contribution in [2.45, 2.75) is 19.5 Å². The molecule has 0 aliphatic carbocycles. The van der Waals surface area contributed by atoms with E-state index in [0.717, 1.165) is 12.1 Å². The van der Waals surface area contributed by atoms with E-state index in [4.69, 9.17) is 10.5 Å². The number of hydrazone groups is 1. The Morgan fingerprint density at radius 2 is 1.76 bits per heavy atom. The molecule has 1 amide bonds. The number of rotatable bonds is 7. The van der Waals surface area contributed by atoms with Gasteiger partial charge in [0, 0.05) is 5.69 Å². The van der Waals surface area contributed by atoms with Crippen LogP contribution in [0.5, 0.6) is 0 Å². The summed E-state index contributed by atoms with van der Waals surface area (Å²) in [5, 5.41) is 6.54. The molecule has 0 fully saturated rings. The summed E-state index contributed by atoms with van der Waals surface area (Å²) in [5.74, 6) is -1.33. The van der Waals surface area contributed by atoms with E-state index in [1.807, 2.05) is 0 Å². The zero-order valence-electron chi connectivity index (χ0n) is 15.4. The van der Waals surface area contributed by atoms with Gasteiger partial charge in [0.1, 0.15) is 12.3 Å². The minimum atomic E-state index is -4.43. The maximum absolute atomic E-state index is 12.7. The number of nitrogens with zero attached hydrogens (tertiary/aromatic N) is 1. The third kappa shape index (κ3) is 6.52. The van der Waals surface area contributed by atoms with Crippen LogP contribution >= 0.6 is 0 Å². The number of para-hydroxylation sites is 1. The van der Waals surface area contributed by atoms with E-state index < -0.39 is 23.6 Å². The Kier molecular flexibility index (Phi) is 7.18. The Morgan fingerprint density at radius 1 is 1.10 bits per heavy atom. The fraction of sp³-hybridized carbons (Fsp3) is 0.211. The van der Waals surface area contributed by atoms with E-state index in [-0.39, 0.29) is 24.4 Å². The highest BCUT2D eigenvalue weighted by atomic mass is 19.4. The van der Waals surface area contributed by atoms with Gasteiger partial charge in [-0.2, -0.15) is 18.3 Å². The van der Waals surface area contributed by atoms with Crippen molar-refractivity contribution in [3.05, 3.63) is 59.7 Å². The number of amidine groups is 1. The van der Waals surface area contributed by atoms with Crippen molar-refractivity contribution >= 4 is 29.1 Å². The first-order valence-corrected chi connectivity index (χ1v) is 8.52. The van der Waals surface area contributed by atoms with Crippen LogP contribution in [0.15, 0.2) is 53.6 Å². The summed E-state index contributed by atoms with van der Waals surface area (Å²) >= 11 is 0. The molecule has 2 rings (SSSR count). The molecule has 10 heteroatoms. The summed E-state index contributed by atoms with van der Waals surface area (Å²) in [6.45, 7) is 1.84. The largest absolute Gasteiger partial charge is 0.466 e. The molecule has 0 spiro atoms. The Bertz CT molecular complexity index is 896. The summed E-state index contributed by atoms with van der Waals surface area (Å²) in [4.78, 5) is 23.7. The molecule has 0 saturated heterocycles. The Morgan fingerprint density at radius 3 is 2.38 bits per heavy atom. The average Bonchev–Trinajstić information content (AvgIpc) is 2.66. The number of anilines is 2. The predicted molar refractivity (Wildman–Crippen MR) is 102 cm³/mol. The number of hydrogen-bond donors (Lipinski definition) is 3. The van der Waals surface area contributed by atoms with Crippen LogP contribution in [0.4, 0.5) is 24.5 Å². The van der Waals surface area contributed by atoms with Crippen molar-refractivity contribution in [1.82, 2.24) is 5.43 Å². The van der Waals surface area contributed by atoms with Gasteiger partial charge < -0.3 is 15.8 Å². The van der Waals surface area contributed by atoms with E-state index in [2.05, 4.69) is 15.8 Å². The highest BCUT2D eigenvalue weighted by Crippen LogP contribution is 2.30. The monoisotopic (exact) mass is 408 g/mol. The van der Waals surface area contributed by atoms with Crippen molar-refractivity contribution < 1.29 is 27.5 Å². The maximum Gasteiger partial charge on any atom is 0.416 e. The first-order valence-electron chi connectivity index (χ1n) is 8.52. The number of esters is 1. The lowest BCUT2D eigenvalue weighted by molar-refractivity contribution is -0.141. The van der Waals surface area contributed by atoms with Gasteiger partial charge in [-0.1, -0.05) is 12.1 Å². The molecule has 0 aliphatic rings. The van der Waals surface area contributed by atoms with Gasteiger partial charge >= 0.3 is 12.1 Å². The van der Waals surface area contributed by atoms with Crippen molar-refractivity contribution in [3.8, 4) is 0 Å². The van der Waals surface area contributed by atoms with E-state index >= 15 is 0 Å². The molecule has 0 aliphatic heterocycles. The van der Waals surface area contributed by atoms with Crippen molar-refractivity contribution in [2.24, 2.45) is 10.8 Å². The van der Waals surface area contributed by atoms with Crippen LogP contribution in [-0.4, -0.2) is 24.3 Å². The van der Waals surface area contributed by atoms with Crippen molar-refractivity contribution in [3.63, 3.8) is 0 Å². The molecule has 0 atom stereocenters. The number of hydrogen-bond acceptors (Lipinski definition) is 5. The first-order chi connectivity index (χ1) is 13.7. The van der Waals surface area contributed by atoms with E-state index in [1.165, 1.54) is 18.2 Å². The van der Waals surface area contributed by atoms with Crippen LogP contribution in [0.3, 0.4) is 0 Å². The maximum atomic E-state index is 12.7. The van der Waals surface area contributed by atoms with Crippen LogP contribution in [0.25, 0.3) is 0 Å². The molecule has 154 valence electrons. The number of halogens is 3.